The van der Waals surface area contributed by atoms with Gasteiger partial charge in [-0.3, -0.25) is 0 Å². The van der Waals surface area contributed by atoms with Crippen LogP contribution in [0.3, 0.4) is 0 Å². The molecule has 0 amide bonds. The van der Waals surface area contributed by atoms with Gasteiger partial charge in [0.2, 0.25) is 9.84 Å². The van der Waals surface area contributed by atoms with Gasteiger partial charge >= 0.3 is 0 Å². The first-order chi connectivity index (χ1) is 13.8. The van der Waals surface area contributed by atoms with Crippen molar-refractivity contribution >= 4 is 19.7 Å². The molecule has 2 aromatic carbocycles. The summed E-state index contributed by atoms with van der Waals surface area (Å²) in [6, 6.07) is 16.3. The average Bonchev–Trinajstić information content (AvgIpc) is 2.80. The van der Waals surface area contributed by atoms with Gasteiger partial charge in [-0.05, 0) is 54.7 Å². The van der Waals surface area contributed by atoms with E-state index >= 15 is 0 Å². The van der Waals surface area contributed by atoms with Gasteiger partial charge in [-0.15, -0.1) is 0 Å². The molecule has 0 saturated carbocycles. The van der Waals surface area contributed by atoms with Crippen molar-refractivity contribution in [2.75, 3.05) is 0 Å². The molecule has 0 saturated heterocycles. The third-order valence-corrected chi connectivity index (χ3v) is 9.20. The first-order valence-corrected chi connectivity index (χ1v) is 12.5. The predicted molar refractivity (Wildman–Crippen MR) is 116 cm³/mol. The van der Waals surface area contributed by atoms with Gasteiger partial charge < -0.3 is 0 Å². The van der Waals surface area contributed by atoms with E-state index in [4.69, 9.17) is 0 Å². The molecule has 0 N–H and O–H groups in total. The number of hydrogen-bond donors (Lipinski definition) is 0. The van der Waals surface area contributed by atoms with Crippen LogP contribution in [0.15, 0.2) is 106 Å². The molecule has 29 heavy (non-hydrogen) atoms. The van der Waals surface area contributed by atoms with Crippen molar-refractivity contribution in [3.63, 3.8) is 0 Å². The Hall–Kier alpha value is -2.44. The van der Waals surface area contributed by atoms with Crippen LogP contribution in [0.5, 0.6) is 0 Å². The highest BCUT2D eigenvalue weighted by Gasteiger charge is 2.34. The van der Waals surface area contributed by atoms with Gasteiger partial charge in [0.25, 0.3) is 0 Å². The predicted octanol–water partition coefficient (Wildman–Crippen LogP) is 4.87. The van der Waals surface area contributed by atoms with E-state index in [0.29, 0.717) is 25.7 Å². The fourth-order valence-corrected chi connectivity index (χ4v) is 6.89. The Labute approximate surface area is 173 Å². The topological polar surface area (TPSA) is 68.3 Å². The van der Waals surface area contributed by atoms with E-state index in [1.165, 1.54) is 12.1 Å². The quantitative estimate of drug-likeness (QED) is 0.696. The number of hydrogen-bond acceptors (Lipinski definition) is 4. The van der Waals surface area contributed by atoms with Crippen molar-refractivity contribution in [2.45, 2.75) is 40.7 Å². The maximum Gasteiger partial charge on any atom is 0.206 e. The zero-order valence-corrected chi connectivity index (χ0v) is 17.8. The summed E-state index contributed by atoms with van der Waals surface area (Å²) in [5, 5.41) is -0.912. The Morgan fingerprint density at radius 3 is 1.90 bits per heavy atom. The van der Waals surface area contributed by atoms with Crippen LogP contribution < -0.4 is 0 Å². The second-order valence-corrected chi connectivity index (χ2v) is 11.1. The smallest absolute Gasteiger partial charge is 0.206 e. The molecule has 0 spiro atoms. The molecular weight excluding hydrogens is 404 g/mol. The fourth-order valence-electron chi connectivity index (χ4n) is 3.47. The molecule has 3 rings (SSSR count). The van der Waals surface area contributed by atoms with Gasteiger partial charge in [0, 0.05) is 0 Å². The third-order valence-electron chi connectivity index (χ3n) is 5.11. The largest absolute Gasteiger partial charge is 0.223 e. The highest BCUT2D eigenvalue weighted by Crippen LogP contribution is 2.36. The molecule has 2 aromatic rings. The molecule has 4 nitrogen and oxygen atoms in total. The second-order valence-electron chi connectivity index (χ2n) is 7.02. The maximum atomic E-state index is 13.3. The lowest BCUT2D eigenvalue weighted by molar-refractivity contribution is 0.575. The number of sulfone groups is 2. The van der Waals surface area contributed by atoms with Gasteiger partial charge in [0.15, 0.2) is 9.84 Å². The number of benzene rings is 2. The summed E-state index contributed by atoms with van der Waals surface area (Å²) in [5.74, 6) is 0. The molecule has 0 fully saturated rings. The van der Waals surface area contributed by atoms with Crippen LogP contribution in [0.4, 0.5) is 0 Å². The van der Waals surface area contributed by atoms with Gasteiger partial charge in [-0.1, -0.05) is 62.1 Å². The molecule has 1 aliphatic rings. The normalized spacial score (nSPS) is 19.0. The summed E-state index contributed by atoms with van der Waals surface area (Å²) in [6.07, 6.45) is 3.90. The van der Waals surface area contributed by atoms with Gasteiger partial charge in [0.1, 0.15) is 0 Å². The Morgan fingerprint density at radius 1 is 0.759 bits per heavy atom. The Bertz CT molecular complexity index is 1140. The number of rotatable bonds is 4. The lowest BCUT2D eigenvalue weighted by atomic mass is 10.0. The Balaban J connectivity index is 2.05. The van der Waals surface area contributed by atoms with E-state index in [9.17, 15) is 16.8 Å². The van der Waals surface area contributed by atoms with Gasteiger partial charge in [-0.25, -0.2) is 16.8 Å². The molecule has 0 heterocycles. The van der Waals surface area contributed by atoms with E-state index in [1.54, 1.807) is 54.6 Å². The molecule has 0 bridgehead atoms. The van der Waals surface area contributed by atoms with Crippen molar-refractivity contribution < 1.29 is 16.8 Å². The lowest BCUT2D eigenvalue weighted by Gasteiger charge is -2.22. The van der Waals surface area contributed by atoms with Crippen molar-refractivity contribution in [2.24, 2.45) is 0 Å². The standard InChI is InChI=1S/C23H24O4S2/c1-18-19(2)23(29(26,27)21-14-8-4-9-15-21)17-11-5-10-16-22(18)28(24,25)20-12-6-3-7-13-20/h3-4,6-9,12-16,23H,1-2,5,10-11,17H2. The summed E-state index contributed by atoms with van der Waals surface area (Å²) in [7, 11) is -7.54. The third kappa shape index (κ3) is 4.28. The summed E-state index contributed by atoms with van der Waals surface area (Å²) in [5.41, 5.74) is 0.404. The summed E-state index contributed by atoms with van der Waals surface area (Å²) in [4.78, 5) is 0.403. The van der Waals surface area contributed by atoms with Gasteiger partial charge in [-0.2, -0.15) is 0 Å². The van der Waals surface area contributed by atoms with E-state index in [-0.39, 0.29) is 25.8 Å². The molecule has 1 atom stereocenters. The average molecular weight is 429 g/mol. The molecule has 0 radical (unpaired) electrons. The molecule has 1 unspecified atom stereocenters. The van der Waals surface area contributed by atoms with Crippen LogP contribution in [-0.4, -0.2) is 22.1 Å². The van der Waals surface area contributed by atoms with E-state index in [2.05, 4.69) is 13.2 Å². The van der Waals surface area contributed by atoms with Crippen LogP contribution in [0.2, 0.25) is 0 Å². The van der Waals surface area contributed by atoms with Crippen molar-refractivity contribution in [3.8, 4) is 0 Å². The first-order valence-electron chi connectivity index (χ1n) is 9.44. The summed E-state index contributed by atoms with van der Waals surface area (Å²) in [6.45, 7) is 7.94. The zero-order valence-electron chi connectivity index (χ0n) is 16.1. The fraction of sp³-hybridized carbons (Fsp3) is 0.217. The van der Waals surface area contributed by atoms with Crippen LogP contribution >= 0.6 is 0 Å². The van der Waals surface area contributed by atoms with Crippen LogP contribution in [0.1, 0.15) is 25.7 Å². The van der Waals surface area contributed by atoms with Crippen LogP contribution in [0, 0.1) is 0 Å². The summed E-state index contributed by atoms with van der Waals surface area (Å²) >= 11 is 0. The maximum absolute atomic E-state index is 13.3. The van der Waals surface area contributed by atoms with Crippen LogP contribution in [0.25, 0.3) is 0 Å². The Morgan fingerprint density at radius 2 is 1.31 bits per heavy atom. The lowest BCUT2D eigenvalue weighted by Crippen LogP contribution is -2.25. The molecule has 0 aromatic heterocycles. The van der Waals surface area contributed by atoms with Crippen molar-refractivity contribution in [1.29, 1.82) is 0 Å². The molecule has 6 heteroatoms. The SMILES string of the molecule is C=C1C(=C)C(S(=O)(=O)c2ccccc2)CCCCC=C1S(=O)(=O)c1ccccc1. The summed E-state index contributed by atoms with van der Waals surface area (Å²) < 4.78 is 53.0. The number of allylic oxidation sites excluding steroid dienone is 2. The Kier molecular flexibility index (Phi) is 6.24. The minimum atomic E-state index is -3.83. The van der Waals surface area contributed by atoms with Crippen molar-refractivity contribution in [1.82, 2.24) is 0 Å². The second kappa shape index (κ2) is 8.51. The van der Waals surface area contributed by atoms with Crippen LogP contribution in [-0.2, 0) is 19.7 Å². The monoisotopic (exact) mass is 428 g/mol. The zero-order chi connectivity index (χ0) is 21.1. The molecule has 0 aliphatic heterocycles. The first kappa shape index (κ1) is 21.3. The highest BCUT2D eigenvalue weighted by molar-refractivity contribution is 7.95. The highest BCUT2D eigenvalue weighted by atomic mass is 32.2. The minimum Gasteiger partial charge on any atom is -0.223 e. The van der Waals surface area contributed by atoms with E-state index in [0.717, 1.165) is 0 Å². The molecule has 1 aliphatic carbocycles. The van der Waals surface area contributed by atoms with E-state index < -0.39 is 24.9 Å². The van der Waals surface area contributed by atoms with Gasteiger partial charge in [0.05, 0.1) is 19.9 Å². The molecule has 152 valence electrons. The van der Waals surface area contributed by atoms with Crippen molar-refractivity contribution in [3.05, 3.63) is 95.9 Å². The minimum absolute atomic E-state index is 0.0452. The molecular formula is C23H24O4S2. The van der Waals surface area contributed by atoms with E-state index in [1.807, 2.05) is 0 Å².